The molecule has 0 spiro atoms. The third-order valence-electron chi connectivity index (χ3n) is 5.43. The number of benzene rings is 1. The van der Waals surface area contributed by atoms with Crippen molar-refractivity contribution < 1.29 is 29.1 Å². The number of fused-ring (bicyclic) bond motifs is 1. The molecule has 0 saturated carbocycles. The second-order valence-electron chi connectivity index (χ2n) is 8.19. The fraction of sp³-hybridized carbons (Fsp3) is 0.435. The number of aliphatic carboxylic acids is 1. The average Bonchev–Trinajstić information content (AvgIpc) is 3.25. The van der Waals surface area contributed by atoms with Crippen molar-refractivity contribution >= 4 is 52.3 Å². The van der Waals surface area contributed by atoms with Gasteiger partial charge in [-0.2, -0.15) is 11.8 Å². The number of carbonyl (C=O) groups is 5. The number of aromatic nitrogens is 1. The predicted octanol–water partition coefficient (Wildman–Crippen LogP) is -0.773. The summed E-state index contributed by atoms with van der Waals surface area (Å²) in [5.41, 5.74) is 12.6. The second-order valence-corrected chi connectivity index (χ2v) is 9.18. The van der Waals surface area contributed by atoms with Gasteiger partial charge >= 0.3 is 5.97 Å². The van der Waals surface area contributed by atoms with E-state index in [0.29, 0.717) is 5.75 Å². The Morgan fingerprint density at radius 3 is 2.39 bits per heavy atom. The smallest absolute Gasteiger partial charge is 0.322 e. The molecule has 1 aromatic carbocycles. The van der Waals surface area contributed by atoms with Crippen LogP contribution in [0.5, 0.6) is 0 Å². The Balaban J connectivity index is 2.23. The summed E-state index contributed by atoms with van der Waals surface area (Å²) in [6.07, 6.45) is 3.84. The van der Waals surface area contributed by atoms with E-state index in [1.54, 1.807) is 6.20 Å². The van der Waals surface area contributed by atoms with Gasteiger partial charge in [-0.15, -0.1) is 0 Å². The van der Waals surface area contributed by atoms with Crippen LogP contribution >= 0.6 is 11.8 Å². The van der Waals surface area contributed by atoms with Crippen LogP contribution in [0.4, 0.5) is 0 Å². The van der Waals surface area contributed by atoms with E-state index < -0.39 is 54.3 Å². The van der Waals surface area contributed by atoms with Crippen LogP contribution in [0.2, 0.25) is 0 Å². The molecule has 4 amide bonds. The Bertz CT molecular complexity index is 1090. The van der Waals surface area contributed by atoms with Crippen LogP contribution in [-0.4, -0.2) is 76.4 Å². The molecule has 9 N–H and O–H groups in total. The predicted molar refractivity (Wildman–Crippen MR) is 136 cm³/mol. The lowest BCUT2D eigenvalue weighted by atomic mass is 10.0. The summed E-state index contributed by atoms with van der Waals surface area (Å²) in [6.45, 7) is -0.589. The lowest BCUT2D eigenvalue weighted by Crippen LogP contribution is -2.56. The van der Waals surface area contributed by atoms with E-state index in [9.17, 15) is 24.0 Å². The second kappa shape index (κ2) is 14.1. The van der Waals surface area contributed by atoms with Crippen LogP contribution in [0.25, 0.3) is 10.9 Å². The van der Waals surface area contributed by atoms with Gasteiger partial charge in [-0.25, -0.2) is 0 Å². The zero-order valence-corrected chi connectivity index (χ0v) is 20.7. The number of nitrogens with two attached hydrogens (primary N) is 2. The van der Waals surface area contributed by atoms with Crippen molar-refractivity contribution in [1.29, 1.82) is 0 Å². The minimum Gasteiger partial charge on any atom is -0.480 e. The molecule has 1 aromatic heterocycles. The van der Waals surface area contributed by atoms with Gasteiger partial charge in [-0.1, -0.05) is 18.2 Å². The summed E-state index contributed by atoms with van der Waals surface area (Å²) in [6, 6.07) is 4.28. The van der Waals surface area contributed by atoms with E-state index >= 15 is 0 Å². The quantitative estimate of drug-likeness (QED) is 0.158. The van der Waals surface area contributed by atoms with Crippen LogP contribution in [-0.2, 0) is 30.4 Å². The number of primary amides is 1. The lowest BCUT2D eigenvalue weighted by molar-refractivity contribution is -0.138. The Labute approximate surface area is 212 Å². The van der Waals surface area contributed by atoms with Crippen molar-refractivity contribution in [3.8, 4) is 0 Å². The zero-order valence-electron chi connectivity index (χ0n) is 19.9. The molecular weight excluding hydrogens is 488 g/mol. The summed E-state index contributed by atoms with van der Waals surface area (Å²) >= 11 is 1.46. The first-order chi connectivity index (χ1) is 17.1. The van der Waals surface area contributed by atoms with E-state index in [4.69, 9.17) is 16.6 Å². The number of amides is 4. The number of aromatic amines is 1. The highest BCUT2D eigenvalue weighted by Crippen LogP contribution is 2.19. The molecule has 36 heavy (non-hydrogen) atoms. The fourth-order valence-electron chi connectivity index (χ4n) is 3.50. The van der Waals surface area contributed by atoms with E-state index in [1.165, 1.54) is 11.8 Å². The molecule has 0 aliphatic carbocycles. The summed E-state index contributed by atoms with van der Waals surface area (Å²) in [5, 5.41) is 17.2. The van der Waals surface area contributed by atoms with Gasteiger partial charge in [0.15, 0.2) is 0 Å². The number of hydrogen-bond acceptors (Lipinski definition) is 7. The van der Waals surface area contributed by atoms with E-state index in [2.05, 4.69) is 20.9 Å². The van der Waals surface area contributed by atoms with Gasteiger partial charge in [0.2, 0.25) is 23.6 Å². The number of para-hydroxylation sites is 1. The Morgan fingerprint density at radius 1 is 1.03 bits per heavy atom. The van der Waals surface area contributed by atoms with Gasteiger partial charge in [0.1, 0.15) is 18.6 Å². The summed E-state index contributed by atoms with van der Waals surface area (Å²) < 4.78 is 0. The van der Waals surface area contributed by atoms with Gasteiger partial charge in [0, 0.05) is 29.9 Å². The molecule has 2 aromatic rings. The number of H-pyrrole nitrogens is 1. The van der Waals surface area contributed by atoms with Gasteiger partial charge in [-0.05, 0) is 36.5 Å². The summed E-state index contributed by atoms with van der Waals surface area (Å²) in [7, 11) is 0. The summed E-state index contributed by atoms with van der Waals surface area (Å²) in [4.78, 5) is 63.5. The number of nitrogens with one attached hydrogen (secondary N) is 4. The number of hydrogen-bond donors (Lipinski definition) is 7. The van der Waals surface area contributed by atoms with Crippen LogP contribution < -0.4 is 27.4 Å². The first-order valence-electron chi connectivity index (χ1n) is 11.3. The fourth-order valence-corrected chi connectivity index (χ4v) is 3.97. The monoisotopic (exact) mass is 520 g/mol. The highest BCUT2D eigenvalue weighted by atomic mass is 32.2. The molecule has 3 unspecified atom stereocenters. The average molecular weight is 521 g/mol. The van der Waals surface area contributed by atoms with Crippen LogP contribution in [0.1, 0.15) is 24.8 Å². The Morgan fingerprint density at radius 2 is 1.72 bits per heavy atom. The molecule has 13 heteroatoms. The first kappa shape index (κ1) is 28.7. The SMILES string of the molecule is CSCCC(NC(=O)C(Cc1c[nH]c2ccccc12)NC(=O)C(N)CCC(N)=O)C(=O)NCC(=O)O. The topological polar surface area (TPSA) is 209 Å². The van der Waals surface area contributed by atoms with Crippen molar-refractivity contribution in [2.45, 2.75) is 43.8 Å². The van der Waals surface area contributed by atoms with Crippen LogP contribution in [0, 0.1) is 0 Å². The zero-order chi connectivity index (χ0) is 26.7. The highest BCUT2D eigenvalue weighted by molar-refractivity contribution is 7.98. The lowest BCUT2D eigenvalue weighted by Gasteiger charge is -2.24. The van der Waals surface area contributed by atoms with Crippen LogP contribution in [0.3, 0.4) is 0 Å². The largest absolute Gasteiger partial charge is 0.480 e. The number of rotatable bonds is 15. The molecule has 0 fully saturated rings. The molecule has 12 nitrogen and oxygen atoms in total. The molecule has 196 valence electrons. The van der Waals surface area contributed by atoms with E-state index in [0.717, 1.165) is 16.5 Å². The molecule has 0 aliphatic rings. The molecular formula is C23H32N6O6S. The van der Waals surface area contributed by atoms with Crippen LogP contribution in [0.15, 0.2) is 30.5 Å². The van der Waals surface area contributed by atoms with Crippen molar-refractivity contribution in [3.63, 3.8) is 0 Å². The van der Waals surface area contributed by atoms with E-state index in [-0.39, 0.29) is 25.7 Å². The molecule has 0 bridgehead atoms. The summed E-state index contributed by atoms with van der Waals surface area (Å²) in [5.74, 6) is -3.21. The standard InChI is InChI=1S/C23H32N6O6S/c1-36-9-8-17(22(34)27-12-20(31)32)28-23(35)18(29-21(33)15(24)6-7-19(25)30)10-13-11-26-16-5-3-2-4-14(13)16/h2-5,11,15,17-18,26H,6-10,12,24H2,1H3,(H2,25,30)(H,27,34)(H,28,35)(H,29,33)(H,31,32). The van der Waals surface area contributed by atoms with Gasteiger partial charge in [-0.3, -0.25) is 24.0 Å². The Kier molecular flexibility index (Phi) is 11.2. The molecule has 0 radical (unpaired) electrons. The van der Waals surface area contributed by atoms with Crippen molar-refractivity contribution in [1.82, 2.24) is 20.9 Å². The molecule has 3 atom stereocenters. The van der Waals surface area contributed by atoms with Crippen molar-refractivity contribution in [3.05, 3.63) is 36.0 Å². The third-order valence-corrected chi connectivity index (χ3v) is 6.07. The normalized spacial score (nSPS) is 13.4. The number of carboxylic acid groups (broad SMARTS) is 1. The minimum atomic E-state index is -1.22. The number of carbonyl (C=O) groups excluding carboxylic acids is 4. The van der Waals surface area contributed by atoms with Crippen molar-refractivity contribution in [2.75, 3.05) is 18.6 Å². The minimum absolute atomic E-state index is 0.0104. The van der Waals surface area contributed by atoms with Gasteiger partial charge in [0.05, 0.1) is 6.04 Å². The molecule has 2 rings (SSSR count). The van der Waals surface area contributed by atoms with Gasteiger partial charge in [0.25, 0.3) is 0 Å². The molecule has 0 saturated heterocycles. The first-order valence-corrected chi connectivity index (χ1v) is 12.7. The maximum atomic E-state index is 13.3. The highest BCUT2D eigenvalue weighted by Gasteiger charge is 2.29. The molecule has 0 aliphatic heterocycles. The Hall–Kier alpha value is -3.58. The van der Waals surface area contributed by atoms with Crippen molar-refractivity contribution in [2.24, 2.45) is 11.5 Å². The van der Waals surface area contributed by atoms with E-state index in [1.807, 2.05) is 30.5 Å². The number of carboxylic acids is 1. The molecule has 1 heterocycles. The number of thioether (sulfide) groups is 1. The van der Waals surface area contributed by atoms with Gasteiger partial charge < -0.3 is 37.5 Å². The third kappa shape index (κ3) is 8.89. The maximum Gasteiger partial charge on any atom is 0.322 e. The maximum absolute atomic E-state index is 13.3.